The zero-order valence-corrected chi connectivity index (χ0v) is 18.8. The summed E-state index contributed by atoms with van der Waals surface area (Å²) in [5, 5.41) is 4.13. The molecule has 1 aliphatic heterocycles. The molecule has 2 aromatic carbocycles. The largest absolute Gasteiger partial charge is 0.336 e. The van der Waals surface area contributed by atoms with Gasteiger partial charge < -0.3 is 9.42 Å². The molecule has 0 radical (unpaired) electrons. The Morgan fingerprint density at radius 1 is 0.968 bits per heavy atom. The highest BCUT2D eigenvalue weighted by molar-refractivity contribution is 5.94. The summed E-state index contributed by atoms with van der Waals surface area (Å²) in [6.07, 6.45) is 0. The first-order chi connectivity index (χ1) is 14.8. The van der Waals surface area contributed by atoms with E-state index in [1.807, 2.05) is 48.2 Å². The first kappa shape index (κ1) is 21.2. The van der Waals surface area contributed by atoms with Crippen molar-refractivity contribution < 1.29 is 9.32 Å². The minimum atomic E-state index is 0.0850. The average molecular weight is 419 g/mol. The van der Waals surface area contributed by atoms with Crippen LogP contribution >= 0.6 is 0 Å². The second-order valence-corrected chi connectivity index (χ2v) is 9.28. The van der Waals surface area contributed by atoms with E-state index in [2.05, 4.69) is 47.9 Å². The third-order valence-corrected chi connectivity index (χ3v) is 5.79. The summed E-state index contributed by atoms with van der Waals surface area (Å²) >= 11 is 0. The Labute approximate surface area is 183 Å². The number of hydrogen-bond acceptors (Lipinski definition) is 5. The zero-order chi connectivity index (χ0) is 22.0. The molecule has 6 heteroatoms. The van der Waals surface area contributed by atoms with Crippen LogP contribution in [0, 0.1) is 6.92 Å². The van der Waals surface area contributed by atoms with E-state index in [4.69, 9.17) is 4.52 Å². The summed E-state index contributed by atoms with van der Waals surface area (Å²) in [6, 6.07) is 16.1. The maximum atomic E-state index is 12.9. The lowest BCUT2D eigenvalue weighted by Crippen LogP contribution is -2.48. The van der Waals surface area contributed by atoms with Gasteiger partial charge in [0, 0.05) is 37.3 Å². The molecule has 31 heavy (non-hydrogen) atoms. The number of hydrogen-bond donors (Lipinski definition) is 0. The Bertz CT molecular complexity index is 1020. The van der Waals surface area contributed by atoms with Gasteiger partial charge in [0.2, 0.25) is 0 Å². The molecule has 1 aliphatic rings. The predicted octanol–water partition coefficient (Wildman–Crippen LogP) is 4.30. The van der Waals surface area contributed by atoms with E-state index >= 15 is 0 Å². The monoisotopic (exact) mass is 418 g/mol. The molecule has 162 valence electrons. The van der Waals surface area contributed by atoms with Gasteiger partial charge in [0.25, 0.3) is 11.8 Å². The van der Waals surface area contributed by atoms with Gasteiger partial charge in [-0.2, -0.15) is 4.98 Å². The van der Waals surface area contributed by atoms with Gasteiger partial charge in [0.15, 0.2) is 5.82 Å². The van der Waals surface area contributed by atoms with Crippen molar-refractivity contribution in [2.24, 2.45) is 0 Å². The van der Waals surface area contributed by atoms with Crippen LogP contribution in [-0.2, 0) is 12.0 Å². The van der Waals surface area contributed by atoms with Crippen LogP contribution in [0.15, 0.2) is 53.1 Å². The normalized spacial score (nSPS) is 15.3. The topological polar surface area (TPSA) is 62.5 Å². The van der Waals surface area contributed by atoms with E-state index in [0.29, 0.717) is 31.3 Å². The summed E-state index contributed by atoms with van der Waals surface area (Å²) in [5.74, 6) is 1.32. The fourth-order valence-electron chi connectivity index (χ4n) is 3.74. The molecule has 1 aromatic heterocycles. The lowest BCUT2D eigenvalue weighted by molar-refractivity contribution is 0.0624. The molecule has 1 amide bonds. The first-order valence-electron chi connectivity index (χ1n) is 10.8. The number of piperazine rings is 1. The van der Waals surface area contributed by atoms with Crippen LogP contribution in [0.25, 0.3) is 11.5 Å². The van der Waals surface area contributed by atoms with Crippen molar-refractivity contribution in [1.29, 1.82) is 0 Å². The molecule has 0 N–H and O–H groups in total. The summed E-state index contributed by atoms with van der Waals surface area (Å²) in [6.45, 7) is 12.2. The lowest BCUT2D eigenvalue weighted by Gasteiger charge is -2.34. The van der Waals surface area contributed by atoms with Gasteiger partial charge in [-0.15, -0.1) is 0 Å². The smallest absolute Gasteiger partial charge is 0.257 e. The van der Waals surface area contributed by atoms with E-state index in [-0.39, 0.29) is 11.3 Å². The highest BCUT2D eigenvalue weighted by atomic mass is 16.5. The lowest BCUT2D eigenvalue weighted by atomic mass is 9.86. The molecule has 0 spiro atoms. The van der Waals surface area contributed by atoms with Crippen LogP contribution in [0.1, 0.15) is 48.1 Å². The Hall–Kier alpha value is -2.99. The van der Waals surface area contributed by atoms with Crippen molar-refractivity contribution in [3.05, 3.63) is 71.0 Å². The quantitative estimate of drug-likeness (QED) is 0.632. The SMILES string of the molecule is Cc1ccc(-c2nc(CN3CCN(C(=O)c4ccc(C(C)(C)C)cc4)CC3)no2)cc1. The number of amides is 1. The van der Waals surface area contributed by atoms with Crippen LogP contribution in [0.3, 0.4) is 0 Å². The third-order valence-electron chi connectivity index (χ3n) is 5.79. The van der Waals surface area contributed by atoms with E-state index in [1.54, 1.807) is 0 Å². The van der Waals surface area contributed by atoms with Crippen LogP contribution in [0.2, 0.25) is 0 Å². The summed E-state index contributed by atoms with van der Waals surface area (Å²) < 4.78 is 5.43. The van der Waals surface area contributed by atoms with Gasteiger partial charge in [0.05, 0.1) is 6.54 Å². The van der Waals surface area contributed by atoms with E-state index in [9.17, 15) is 4.79 Å². The molecule has 6 nitrogen and oxygen atoms in total. The number of rotatable bonds is 4. The van der Waals surface area contributed by atoms with Gasteiger partial charge >= 0.3 is 0 Å². The number of aromatic nitrogens is 2. The van der Waals surface area contributed by atoms with Gasteiger partial charge in [-0.1, -0.05) is 55.8 Å². The number of carbonyl (C=O) groups excluding carboxylic acids is 1. The third kappa shape index (κ3) is 5.02. The molecule has 0 saturated carbocycles. The molecule has 2 heterocycles. The fourth-order valence-corrected chi connectivity index (χ4v) is 3.74. The number of carbonyl (C=O) groups is 1. The Balaban J connectivity index is 1.32. The summed E-state index contributed by atoms with van der Waals surface area (Å²) in [5.41, 5.74) is 4.20. The molecule has 4 rings (SSSR count). The molecule has 1 saturated heterocycles. The Morgan fingerprint density at radius 3 is 2.23 bits per heavy atom. The fraction of sp³-hybridized carbons (Fsp3) is 0.400. The number of aryl methyl sites for hydroxylation is 1. The number of benzene rings is 2. The minimum Gasteiger partial charge on any atom is -0.336 e. The minimum absolute atomic E-state index is 0.0850. The van der Waals surface area contributed by atoms with E-state index < -0.39 is 0 Å². The molecule has 1 fully saturated rings. The molecule has 3 aromatic rings. The van der Waals surface area contributed by atoms with Gasteiger partial charge in [-0.05, 0) is 42.2 Å². The van der Waals surface area contributed by atoms with Gasteiger partial charge in [-0.25, -0.2) is 0 Å². The molecule has 0 atom stereocenters. The van der Waals surface area contributed by atoms with Crippen molar-refractivity contribution in [3.8, 4) is 11.5 Å². The highest BCUT2D eigenvalue weighted by Gasteiger charge is 2.24. The van der Waals surface area contributed by atoms with Crippen LogP contribution < -0.4 is 0 Å². The Morgan fingerprint density at radius 2 is 1.61 bits per heavy atom. The highest BCUT2D eigenvalue weighted by Crippen LogP contribution is 2.23. The number of nitrogens with zero attached hydrogens (tertiary/aromatic N) is 4. The average Bonchev–Trinajstić information content (AvgIpc) is 3.22. The molecular formula is C25H30N4O2. The standard InChI is InChI=1S/C25H30N4O2/c1-18-5-7-19(8-6-18)23-26-22(27-31-23)17-28-13-15-29(16-14-28)24(30)20-9-11-21(12-10-20)25(2,3)4/h5-12H,13-17H2,1-4H3. The van der Waals surface area contributed by atoms with Crippen LogP contribution in [-0.4, -0.2) is 52.0 Å². The van der Waals surface area contributed by atoms with Gasteiger partial charge in [0.1, 0.15) is 0 Å². The van der Waals surface area contributed by atoms with Crippen molar-refractivity contribution in [1.82, 2.24) is 19.9 Å². The van der Waals surface area contributed by atoms with Gasteiger partial charge in [-0.3, -0.25) is 9.69 Å². The van der Waals surface area contributed by atoms with Crippen molar-refractivity contribution in [3.63, 3.8) is 0 Å². The zero-order valence-electron chi connectivity index (χ0n) is 18.8. The predicted molar refractivity (Wildman–Crippen MR) is 121 cm³/mol. The Kier molecular flexibility index (Phi) is 5.92. The molecule has 0 unspecified atom stereocenters. The molecule has 0 aliphatic carbocycles. The van der Waals surface area contributed by atoms with Crippen molar-refractivity contribution >= 4 is 5.91 Å². The van der Waals surface area contributed by atoms with Crippen molar-refractivity contribution in [2.45, 2.75) is 39.7 Å². The summed E-state index contributed by atoms with van der Waals surface area (Å²) in [4.78, 5) is 21.6. The maximum absolute atomic E-state index is 12.9. The first-order valence-corrected chi connectivity index (χ1v) is 10.8. The van der Waals surface area contributed by atoms with E-state index in [1.165, 1.54) is 11.1 Å². The van der Waals surface area contributed by atoms with Crippen molar-refractivity contribution in [2.75, 3.05) is 26.2 Å². The second-order valence-electron chi connectivity index (χ2n) is 9.28. The second kappa shape index (κ2) is 8.63. The molecular weight excluding hydrogens is 388 g/mol. The van der Waals surface area contributed by atoms with Crippen LogP contribution in [0.5, 0.6) is 0 Å². The maximum Gasteiger partial charge on any atom is 0.257 e. The molecule has 0 bridgehead atoms. The van der Waals surface area contributed by atoms with Crippen LogP contribution in [0.4, 0.5) is 0 Å². The van der Waals surface area contributed by atoms with E-state index in [0.717, 1.165) is 24.2 Å². The summed E-state index contributed by atoms with van der Waals surface area (Å²) in [7, 11) is 0.